The van der Waals surface area contributed by atoms with Gasteiger partial charge in [-0.1, -0.05) is 6.92 Å². The quantitative estimate of drug-likeness (QED) is 0.432. The van der Waals surface area contributed by atoms with Crippen molar-refractivity contribution in [3.05, 3.63) is 0 Å². The van der Waals surface area contributed by atoms with Crippen LogP contribution in [0.3, 0.4) is 0 Å². The molecule has 0 unspecified atom stereocenters. The Morgan fingerprint density at radius 1 is 1.00 bits per heavy atom. The lowest BCUT2D eigenvalue weighted by Crippen LogP contribution is -2.21. The molecule has 0 amide bonds. The van der Waals surface area contributed by atoms with Crippen LogP contribution in [-0.4, -0.2) is 27.7 Å². The first-order valence-corrected chi connectivity index (χ1v) is 2.81. The molecule has 3 nitrogen and oxygen atoms in total. The molecule has 0 saturated heterocycles. The summed E-state index contributed by atoms with van der Waals surface area (Å²) in [5, 5.41) is 2.93. The summed E-state index contributed by atoms with van der Waals surface area (Å²) >= 11 is 0. The molecule has 8 heavy (non-hydrogen) atoms. The van der Waals surface area contributed by atoms with Crippen molar-refractivity contribution in [3.8, 4) is 0 Å². The zero-order valence-electron chi connectivity index (χ0n) is 6.21. The molecule has 0 aromatic carbocycles. The van der Waals surface area contributed by atoms with E-state index in [0.717, 1.165) is 6.54 Å². The number of nitrogens with one attached hydrogen (secondary N) is 3. The Labute approximate surface area is 51.8 Å². The minimum Gasteiger partial charge on any atom is -0.320 e. The van der Waals surface area contributed by atoms with Gasteiger partial charge < -0.3 is 5.32 Å². The highest BCUT2D eigenvalue weighted by atomic mass is 15.3. The third-order valence-corrected chi connectivity index (χ3v) is 0.604. The Morgan fingerprint density at radius 2 is 1.25 bits per heavy atom. The SMILES string of the molecule is CCNC.CNNC. The van der Waals surface area contributed by atoms with E-state index in [1.807, 2.05) is 21.1 Å². The normalized spacial score (nSPS) is 7.50. The lowest BCUT2D eigenvalue weighted by Gasteiger charge is -1.81. The maximum Gasteiger partial charge on any atom is -0.00150 e. The Morgan fingerprint density at radius 3 is 1.25 bits per heavy atom. The van der Waals surface area contributed by atoms with E-state index in [0.29, 0.717) is 0 Å². The van der Waals surface area contributed by atoms with Crippen molar-refractivity contribution in [1.29, 1.82) is 0 Å². The smallest absolute Gasteiger partial charge is 0.00150 e. The molecular weight excluding hydrogens is 102 g/mol. The van der Waals surface area contributed by atoms with Crippen LogP contribution in [0.5, 0.6) is 0 Å². The molecule has 0 aliphatic carbocycles. The van der Waals surface area contributed by atoms with Crippen LogP contribution in [0, 0.1) is 0 Å². The molecule has 0 saturated carbocycles. The van der Waals surface area contributed by atoms with Gasteiger partial charge in [0.25, 0.3) is 0 Å². The van der Waals surface area contributed by atoms with Crippen LogP contribution in [0.15, 0.2) is 0 Å². The molecular formula is C5H17N3. The number of hydrazine groups is 1. The Kier molecular flexibility index (Phi) is 21.3. The summed E-state index contributed by atoms with van der Waals surface area (Å²) in [5.74, 6) is 0. The van der Waals surface area contributed by atoms with Crippen molar-refractivity contribution < 1.29 is 0 Å². The van der Waals surface area contributed by atoms with E-state index >= 15 is 0 Å². The summed E-state index contributed by atoms with van der Waals surface area (Å²) in [6, 6.07) is 0. The van der Waals surface area contributed by atoms with E-state index in [1.165, 1.54) is 0 Å². The van der Waals surface area contributed by atoms with Gasteiger partial charge in [0.15, 0.2) is 0 Å². The highest BCUT2D eigenvalue weighted by Crippen LogP contribution is 1.34. The standard InChI is InChI=1S/C3H9N.C2H8N2/c2*1-3-4-2/h4H,3H2,1-2H3;3-4H,1-2H3. The third kappa shape index (κ3) is 39.6. The molecule has 0 aromatic heterocycles. The van der Waals surface area contributed by atoms with Gasteiger partial charge in [-0.2, -0.15) is 0 Å². The first kappa shape index (κ1) is 10.8. The van der Waals surface area contributed by atoms with Gasteiger partial charge in [-0.3, -0.25) is 10.9 Å². The average Bonchev–Trinajstić information content (AvgIpc) is 1.88. The van der Waals surface area contributed by atoms with Crippen LogP contribution >= 0.6 is 0 Å². The van der Waals surface area contributed by atoms with Gasteiger partial charge in [-0.05, 0) is 27.7 Å². The molecule has 0 aliphatic heterocycles. The van der Waals surface area contributed by atoms with Gasteiger partial charge in [0.05, 0.1) is 0 Å². The van der Waals surface area contributed by atoms with Crippen LogP contribution in [-0.2, 0) is 0 Å². The lowest BCUT2D eigenvalue weighted by molar-refractivity contribution is 0.689. The summed E-state index contributed by atoms with van der Waals surface area (Å²) in [6.45, 7) is 3.14. The van der Waals surface area contributed by atoms with Crippen LogP contribution in [0.2, 0.25) is 0 Å². The molecule has 0 heterocycles. The fourth-order valence-electron chi connectivity index (χ4n) is 0. The summed E-state index contributed by atoms with van der Waals surface area (Å²) in [4.78, 5) is 0. The maximum absolute atomic E-state index is 2.93. The molecule has 0 aliphatic rings. The van der Waals surface area contributed by atoms with Crippen LogP contribution in [0.25, 0.3) is 0 Å². The third-order valence-electron chi connectivity index (χ3n) is 0.604. The van der Waals surface area contributed by atoms with Crippen molar-refractivity contribution in [3.63, 3.8) is 0 Å². The number of hydrogen-bond acceptors (Lipinski definition) is 3. The predicted molar refractivity (Wildman–Crippen MR) is 37.7 cm³/mol. The summed E-state index contributed by atoms with van der Waals surface area (Å²) in [7, 11) is 5.57. The van der Waals surface area contributed by atoms with E-state index < -0.39 is 0 Å². The van der Waals surface area contributed by atoms with Gasteiger partial charge in [0.1, 0.15) is 0 Å². The zero-order chi connectivity index (χ0) is 6.83. The van der Waals surface area contributed by atoms with Crippen LogP contribution in [0.1, 0.15) is 6.92 Å². The molecule has 0 atom stereocenters. The zero-order valence-corrected chi connectivity index (χ0v) is 6.21. The molecule has 52 valence electrons. The lowest BCUT2D eigenvalue weighted by atomic mass is 10.8. The van der Waals surface area contributed by atoms with E-state index in [2.05, 4.69) is 23.1 Å². The van der Waals surface area contributed by atoms with Gasteiger partial charge in [-0.15, -0.1) is 0 Å². The van der Waals surface area contributed by atoms with Gasteiger partial charge in [0.2, 0.25) is 0 Å². The van der Waals surface area contributed by atoms with Gasteiger partial charge in [0, 0.05) is 0 Å². The average molecular weight is 119 g/mol. The molecule has 0 aromatic rings. The second kappa shape index (κ2) is 15.8. The molecule has 0 radical (unpaired) electrons. The number of hydrogen-bond donors (Lipinski definition) is 3. The van der Waals surface area contributed by atoms with Gasteiger partial charge in [-0.25, -0.2) is 0 Å². The first-order chi connectivity index (χ1) is 3.83. The number of rotatable bonds is 2. The largest absolute Gasteiger partial charge is 0.320 e. The van der Waals surface area contributed by atoms with Crippen molar-refractivity contribution in [2.75, 3.05) is 27.7 Å². The second-order valence-electron chi connectivity index (χ2n) is 1.21. The fraction of sp³-hybridized carbons (Fsp3) is 1.00. The van der Waals surface area contributed by atoms with Crippen molar-refractivity contribution >= 4 is 0 Å². The first-order valence-electron chi connectivity index (χ1n) is 2.81. The fourth-order valence-corrected chi connectivity index (χ4v) is 0. The van der Waals surface area contributed by atoms with Gasteiger partial charge >= 0.3 is 0 Å². The van der Waals surface area contributed by atoms with Crippen molar-refractivity contribution in [2.45, 2.75) is 6.92 Å². The Balaban J connectivity index is 0. The van der Waals surface area contributed by atoms with E-state index in [4.69, 9.17) is 0 Å². The van der Waals surface area contributed by atoms with E-state index in [-0.39, 0.29) is 0 Å². The highest BCUT2D eigenvalue weighted by Gasteiger charge is 1.50. The minimum atomic E-state index is 1.07. The molecule has 3 heteroatoms. The molecule has 0 fully saturated rings. The highest BCUT2D eigenvalue weighted by molar-refractivity contribution is 4.15. The molecule has 0 spiro atoms. The topological polar surface area (TPSA) is 36.1 Å². The van der Waals surface area contributed by atoms with Crippen molar-refractivity contribution in [2.24, 2.45) is 0 Å². The monoisotopic (exact) mass is 119 g/mol. The molecule has 0 rings (SSSR count). The summed E-state index contributed by atoms with van der Waals surface area (Å²) < 4.78 is 0. The van der Waals surface area contributed by atoms with E-state index in [1.54, 1.807) is 0 Å². The maximum atomic E-state index is 2.93. The summed E-state index contributed by atoms with van der Waals surface area (Å²) in [6.07, 6.45) is 0. The summed E-state index contributed by atoms with van der Waals surface area (Å²) in [5.41, 5.74) is 5.36. The molecule has 3 N–H and O–H groups in total. The van der Waals surface area contributed by atoms with Crippen molar-refractivity contribution in [1.82, 2.24) is 16.2 Å². The minimum absolute atomic E-state index is 1.07. The Hall–Kier alpha value is -0.120. The second-order valence-corrected chi connectivity index (χ2v) is 1.21. The van der Waals surface area contributed by atoms with Crippen LogP contribution in [0.4, 0.5) is 0 Å². The predicted octanol–water partition coefficient (Wildman–Crippen LogP) is -0.434. The molecule has 0 bridgehead atoms. The van der Waals surface area contributed by atoms with E-state index in [9.17, 15) is 0 Å². The Bertz CT molecular complexity index is 15.6. The van der Waals surface area contributed by atoms with Crippen LogP contribution < -0.4 is 16.2 Å².